The summed E-state index contributed by atoms with van der Waals surface area (Å²) in [5.74, 6) is 0.651. The maximum absolute atomic E-state index is 11.6. The summed E-state index contributed by atoms with van der Waals surface area (Å²) in [5.41, 5.74) is 9.00. The number of nitrogen functional groups attached to an aromatic ring is 1. The van der Waals surface area contributed by atoms with Crippen molar-refractivity contribution in [1.29, 1.82) is 0 Å². The molecule has 90 valence electrons. The lowest BCUT2D eigenvalue weighted by molar-refractivity contribution is 0.101. The number of anilines is 1. The Hall–Kier alpha value is -2.14. The van der Waals surface area contributed by atoms with Crippen molar-refractivity contribution in [3.63, 3.8) is 0 Å². The molecular weight excluding hydrogens is 246 g/mol. The molecule has 3 N–H and O–H groups in total. The van der Waals surface area contributed by atoms with Crippen molar-refractivity contribution in [2.75, 3.05) is 5.73 Å². The molecule has 1 aromatic carbocycles. The Bertz CT molecular complexity index is 709. The first-order chi connectivity index (χ1) is 8.66. The number of para-hydroxylation sites is 2. The van der Waals surface area contributed by atoms with Crippen LogP contribution < -0.4 is 5.73 Å². The first kappa shape index (κ1) is 11.0. The van der Waals surface area contributed by atoms with Crippen LogP contribution >= 0.6 is 11.3 Å². The number of nitrogens with two attached hydrogens (primary N) is 1. The average molecular weight is 257 g/mol. The van der Waals surface area contributed by atoms with Gasteiger partial charge < -0.3 is 10.7 Å². The number of fused-ring (bicyclic) bond motifs is 1. The van der Waals surface area contributed by atoms with E-state index in [4.69, 9.17) is 5.73 Å². The van der Waals surface area contributed by atoms with Crippen LogP contribution in [0.5, 0.6) is 0 Å². The van der Waals surface area contributed by atoms with Gasteiger partial charge in [-0.05, 0) is 19.1 Å². The molecule has 0 atom stereocenters. The minimum atomic E-state index is -0.0378. The highest BCUT2D eigenvalue weighted by Crippen LogP contribution is 2.33. The molecule has 0 unspecified atom stereocenters. The molecule has 5 heteroatoms. The number of aromatic amines is 1. The molecule has 0 saturated heterocycles. The van der Waals surface area contributed by atoms with E-state index in [1.54, 1.807) is 0 Å². The molecule has 3 aromatic rings. The molecule has 0 spiro atoms. The van der Waals surface area contributed by atoms with Crippen molar-refractivity contribution in [2.24, 2.45) is 0 Å². The number of imidazole rings is 1. The second-order valence-corrected chi connectivity index (χ2v) is 4.96. The van der Waals surface area contributed by atoms with Crippen LogP contribution in [0.1, 0.15) is 17.3 Å². The largest absolute Gasteiger partial charge is 0.390 e. The molecule has 0 amide bonds. The lowest BCUT2D eigenvalue weighted by Crippen LogP contribution is -1.97. The van der Waals surface area contributed by atoms with Gasteiger partial charge >= 0.3 is 0 Å². The van der Waals surface area contributed by atoms with Gasteiger partial charge in [0.05, 0.1) is 21.6 Å². The van der Waals surface area contributed by atoms with Gasteiger partial charge in [-0.3, -0.25) is 4.79 Å². The molecule has 3 rings (SSSR count). The van der Waals surface area contributed by atoms with Gasteiger partial charge in [-0.25, -0.2) is 4.98 Å². The van der Waals surface area contributed by atoms with Gasteiger partial charge in [0.2, 0.25) is 0 Å². The minimum Gasteiger partial charge on any atom is -0.390 e. The fourth-order valence-electron chi connectivity index (χ4n) is 1.99. The summed E-state index contributed by atoms with van der Waals surface area (Å²) in [6.45, 7) is 1.52. The highest BCUT2D eigenvalue weighted by Gasteiger charge is 2.17. The highest BCUT2D eigenvalue weighted by atomic mass is 32.1. The molecular formula is C13H11N3OS. The summed E-state index contributed by atoms with van der Waals surface area (Å²) >= 11 is 1.36. The third kappa shape index (κ3) is 1.60. The summed E-state index contributed by atoms with van der Waals surface area (Å²) in [6.07, 6.45) is 0. The number of hydrogen-bond donors (Lipinski definition) is 2. The van der Waals surface area contributed by atoms with E-state index >= 15 is 0 Å². The molecule has 2 heterocycles. The number of Topliss-reactive ketones (excluding diaryl/α,β-unsaturated/α-hetero) is 1. The Morgan fingerprint density at radius 2 is 2.17 bits per heavy atom. The normalized spacial score (nSPS) is 10.9. The van der Waals surface area contributed by atoms with E-state index in [1.807, 2.05) is 29.6 Å². The molecule has 0 bridgehead atoms. The van der Waals surface area contributed by atoms with E-state index < -0.39 is 0 Å². The van der Waals surface area contributed by atoms with E-state index in [0.717, 1.165) is 16.6 Å². The molecule has 18 heavy (non-hydrogen) atoms. The van der Waals surface area contributed by atoms with Crippen LogP contribution in [0.25, 0.3) is 22.4 Å². The summed E-state index contributed by atoms with van der Waals surface area (Å²) in [4.78, 5) is 19.3. The summed E-state index contributed by atoms with van der Waals surface area (Å²) in [7, 11) is 0. The molecule has 0 saturated carbocycles. The fraction of sp³-hybridized carbons (Fsp3) is 0.0769. The molecule has 0 aliphatic carbocycles. The van der Waals surface area contributed by atoms with Crippen LogP contribution in [0.15, 0.2) is 29.6 Å². The Morgan fingerprint density at radius 1 is 1.39 bits per heavy atom. The summed E-state index contributed by atoms with van der Waals surface area (Å²) in [5, 5.41) is 2.40. The zero-order valence-electron chi connectivity index (χ0n) is 9.73. The van der Waals surface area contributed by atoms with E-state index in [1.165, 1.54) is 18.3 Å². The third-order valence-corrected chi connectivity index (χ3v) is 3.63. The topological polar surface area (TPSA) is 71.8 Å². The number of benzene rings is 1. The number of carbonyl (C=O) groups is 1. The molecule has 0 fully saturated rings. The van der Waals surface area contributed by atoms with Crippen LogP contribution in [-0.2, 0) is 0 Å². The number of carbonyl (C=O) groups excluding carboxylic acids is 1. The van der Waals surface area contributed by atoms with E-state index in [9.17, 15) is 4.79 Å². The van der Waals surface area contributed by atoms with Crippen LogP contribution in [0, 0.1) is 0 Å². The first-order valence-electron chi connectivity index (χ1n) is 5.50. The van der Waals surface area contributed by atoms with Gasteiger partial charge in [0.1, 0.15) is 5.82 Å². The Balaban J connectivity index is 2.23. The number of ketones is 1. The second kappa shape index (κ2) is 3.96. The zero-order valence-corrected chi connectivity index (χ0v) is 10.5. The summed E-state index contributed by atoms with van der Waals surface area (Å²) < 4.78 is 0. The zero-order chi connectivity index (χ0) is 12.7. The number of nitrogens with zero attached hydrogens (tertiary/aromatic N) is 1. The van der Waals surface area contributed by atoms with E-state index in [-0.39, 0.29) is 5.78 Å². The van der Waals surface area contributed by atoms with E-state index in [2.05, 4.69) is 9.97 Å². The van der Waals surface area contributed by atoms with Crippen LogP contribution in [0.4, 0.5) is 5.00 Å². The van der Waals surface area contributed by atoms with Crippen molar-refractivity contribution in [2.45, 2.75) is 6.92 Å². The Labute approximate surface area is 107 Å². The van der Waals surface area contributed by atoms with Gasteiger partial charge in [0, 0.05) is 10.9 Å². The number of hydrogen-bond acceptors (Lipinski definition) is 4. The number of H-pyrrole nitrogens is 1. The smallest absolute Gasteiger partial charge is 0.163 e. The fourth-order valence-corrected chi connectivity index (χ4v) is 2.84. The average Bonchev–Trinajstić information content (AvgIpc) is 2.91. The monoisotopic (exact) mass is 257 g/mol. The molecule has 0 aliphatic rings. The first-order valence-corrected chi connectivity index (χ1v) is 6.38. The molecule has 4 nitrogen and oxygen atoms in total. The van der Waals surface area contributed by atoms with Crippen LogP contribution in [0.3, 0.4) is 0 Å². The van der Waals surface area contributed by atoms with E-state index in [0.29, 0.717) is 16.4 Å². The number of thiophene rings is 1. The van der Waals surface area contributed by atoms with Crippen molar-refractivity contribution in [3.05, 3.63) is 35.2 Å². The van der Waals surface area contributed by atoms with Crippen molar-refractivity contribution >= 4 is 33.2 Å². The predicted octanol–water partition coefficient (Wildman–Crippen LogP) is 3.08. The lowest BCUT2D eigenvalue weighted by Gasteiger charge is -1.97. The molecule has 0 radical (unpaired) electrons. The maximum Gasteiger partial charge on any atom is 0.163 e. The SMILES string of the molecule is CC(=O)c1c(-c2nc3ccccc3[nH]2)csc1N. The Morgan fingerprint density at radius 3 is 2.89 bits per heavy atom. The van der Waals surface area contributed by atoms with Crippen molar-refractivity contribution in [1.82, 2.24) is 9.97 Å². The standard InChI is InChI=1S/C13H11N3OS/c1-7(17)11-8(6-18-12(11)14)13-15-9-4-2-3-5-10(9)16-13/h2-6H,14H2,1H3,(H,15,16). The Kier molecular flexibility index (Phi) is 2.41. The molecule has 0 aliphatic heterocycles. The van der Waals surface area contributed by atoms with Gasteiger partial charge in [0.15, 0.2) is 5.78 Å². The minimum absolute atomic E-state index is 0.0378. The highest BCUT2D eigenvalue weighted by molar-refractivity contribution is 7.15. The van der Waals surface area contributed by atoms with Gasteiger partial charge in [-0.15, -0.1) is 11.3 Å². The predicted molar refractivity (Wildman–Crippen MR) is 73.8 cm³/mol. The summed E-state index contributed by atoms with van der Waals surface area (Å²) in [6, 6.07) is 7.76. The second-order valence-electron chi connectivity index (χ2n) is 4.05. The number of rotatable bonds is 2. The van der Waals surface area contributed by atoms with Gasteiger partial charge in [-0.2, -0.15) is 0 Å². The van der Waals surface area contributed by atoms with Crippen LogP contribution in [0.2, 0.25) is 0 Å². The number of nitrogens with one attached hydrogen (secondary N) is 1. The van der Waals surface area contributed by atoms with Gasteiger partial charge in [-0.1, -0.05) is 12.1 Å². The van der Waals surface area contributed by atoms with Crippen molar-refractivity contribution < 1.29 is 4.79 Å². The van der Waals surface area contributed by atoms with Crippen LogP contribution in [-0.4, -0.2) is 15.8 Å². The lowest BCUT2D eigenvalue weighted by atomic mass is 10.1. The quantitative estimate of drug-likeness (QED) is 0.693. The third-order valence-electron chi connectivity index (χ3n) is 2.82. The molecule has 2 aromatic heterocycles. The van der Waals surface area contributed by atoms with Gasteiger partial charge in [0.25, 0.3) is 0 Å². The van der Waals surface area contributed by atoms with Crippen molar-refractivity contribution in [3.8, 4) is 11.4 Å². The number of aromatic nitrogens is 2. The maximum atomic E-state index is 11.6.